The Balaban J connectivity index is 3.41. The number of aromatic nitrogens is 2. The molecule has 0 aliphatic carbocycles. The molecular formula is C7H7F3N2O. The first-order valence-corrected chi connectivity index (χ1v) is 3.44. The SMILES string of the molecule is Cc1cn(C)c(=O)nc1C(F)(F)F. The zero-order chi connectivity index (χ0) is 10.2. The first-order chi connectivity index (χ1) is 5.82. The van der Waals surface area contributed by atoms with E-state index in [2.05, 4.69) is 4.98 Å². The highest BCUT2D eigenvalue weighted by Crippen LogP contribution is 2.28. The van der Waals surface area contributed by atoms with E-state index in [9.17, 15) is 18.0 Å². The van der Waals surface area contributed by atoms with Gasteiger partial charge in [0.1, 0.15) is 0 Å². The lowest BCUT2D eigenvalue weighted by Crippen LogP contribution is -2.25. The van der Waals surface area contributed by atoms with Gasteiger partial charge in [-0.15, -0.1) is 0 Å². The molecule has 0 N–H and O–H groups in total. The molecule has 0 unspecified atom stereocenters. The van der Waals surface area contributed by atoms with Crippen LogP contribution in [0.15, 0.2) is 11.0 Å². The van der Waals surface area contributed by atoms with E-state index in [4.69, 9.17) is 0 Å². The van der Waals surface area contributed by atoms with Crippen LogP contribution >= 0.6 is 0 Å². The van der Waals surface area contributed by atoms with Crippen LogP contribution in [0.5, 0.6) is 0 Å². The average molecular weight is 192 g/mol. The fourth-order valence-electron chi connectivity index (χ4n) is 0.956. The molecule has 0 spiro atoms. The lowest BCUT2D eigenvalue weighted by Gasteiger charge is -2.08. The van der Waals surface area contributed by atoms with Crippen LogP contribution in [0, 0.1) is 6.92 Å². The van der Waals surface area contributed by atoms with Crippen molar-refractivity contribution in [2.45, 2.75) is 13.1 Å². The highest BCUT2D eigenvalue weighted by atomic mass is 19.4. The normalized spacial score (nSPS) is 11.8. The van der Waals surface area contributed by atoms with E-state index >= 15 is 0 Å². The Hall–Kier alpha value is -1.33. The molecule has 0 aliphatic heterocycles. The van der Waals surface area contributed by atoms with Crippen molar-refractivity contribution in [3.8, 4) is 0 Å². The lowest BCUT2D eigenvalue weighted by atomic mass is 10.2. The topological polar surface area (TPSA) is 34.9 Å². The molecule has 1 rings (SSSR count). The quantitative estimate of drug-likeness (QED) is 0.617. The fraction of sp³-hybridized carbons (Fsp3) is 0.429. The van der Waals surface area contributed by atoms with E-state index in [1.54, 1.807) is 0 Å². The Morgan fingerprint density at radius 2 is 2.00 bits per heavy atom. The minimum atomic E-state index is -4.56. The number of hydrogen-bond donors (Lipinski definition) is 0. The zero-order valence-corrected chi connectivity index (χ0v) is 7.01. The predicted molar refractivity (Wildman–Crippen MR) is 39.2 cm³/mol. The molecular weight excluding hydrogens is 185 g/mol. The molecule has 0 fully saturated rings. The zero-order valence-electron chi connectivity index (χ0n) is 7.01. The summed E-state index contributed by atoms with van der Waals surface area (Å²) in [6.07, 6.45) is -3.45. The molecule has 3 nitrogen and oxygen atoms in total. The maximum absolute atomic E-state index is 12.1. The fourth-order valence-corrected chi connectivity index (χ4v) is 0.956. The van der Waals surface area contributed by atoms with Gasteiger partial charge in [0, 0.05) is 13.2 Å². The van der Waals surface area contributed by atoms with Gasteiger partial charge in [-0.25, -0.2) is 4.79 Å². The molecule has 6 heteroatoms. The number of aryl methyl sites for hydroxylation is 2. The van der Waals surface area contributed by atoms with Gasteiger partial charge in [-0.2, -0.15) is 18.2 Å². The van der Waals surface area contributed by atoms with Gasteiger partial charge in [-0.05, 0) is 12.5 Å². The van der Waals surface area contributed by atoms with Crippen LogP contribution in [0.1, 0.15) is 11.3 Å². The maximum Gasteiger partial charge on any atom is 0.433 e. The Kier molecular flexibility index (Phi) is 2.15. The van der Waals surface area contributed by atoms with Crippen LogP contribution < -0.4 is 5.69 Å². The van der Waals surface area contributed by atoms with Crippen LogP contribution in [0.25, 0.3) is 0 Å². The molecule has 0 saturated heterocycles. The highest BCUT2D eigenvalue weighted by molar-refractivity contribution is 5.17. The molecule has 1 aromatic heterocycles. The number of rotatable bonds is 0. The van der Waals surface area contributed by atoms with Crippen molar-refractivity contribution in [3.05, 3.63) is 27.9 Å². The molecule has 13 heavy (non-hydrogen) atoms. The molecule has 0 atom stereocenters. The van der Waals surface area contributed by atoms with Crippen LogP contribution in [0.2, 0.25) is 0 Å². The van der Waals surface area contributed by atoms with Gasteiger partial charge >= 0.3 is 11.9 Å². The second-order valence-corrected chi connectivity index (χ2v) is 2.66. The van der Waals surface area contributed by atoms with Crippen molar-refractivity contribution in [1.82, 2.24) is 9.55 Å². The first kappa shape index (κ1) is 9.76. The van der Waals surface area contributed by atoms with Gasteiger partial charge in [0.2, 0.25) is 0 Å². The molecule has 0 aliphatic rings. The average Bonchev–Trinajstić information content (AvgIpc) is 1.94. The third-order valence-electron chi connectivity index (χ3n) is 1.54. The minimum Gasteiger partial charge on any atom is -0.302 e. The first-order valence-electron chi connectivity index (χ1n) is 3.44. The molecule has 0 bridgehead atoms. The van der Waals surface area contributed by atoms with Gasteiger partial charge in [-0.3, -0.25) is 0 Å². The third kappa shape index (κ3) is 1.88. The van der Waals surface area contributed by atoms with Crippen molar-refractivity contribution in [3.63, 3.8) is 0 Å². The highest BCUT2D eigenvalue weighted by Gasteiger charge is 2.34. The molecule has 72 valence electrons. The van der Waals surface area contributed by atoms with Gasteiger partial charge < -0.3 is 4.57 Å². The Bertz CT molecular complexity index is 380. The van der Waals surface area contributed by atoms with E-state index in [0.29, 0.717) is 0 Å². The van der Waals surface area contributed by atoms with Crippen molar-refractivity contribution < 1.29 is 13.2 Å². The number of nitrogens with zero attached hydrogens (tertiary/aromatic N) is 2. The van der Waals surface area contributed by atoms with E-state index in [0.717, 1.165) is 10.8 Å². The summed E-state index contributed by atoms with van der Waals surface area (Å²) in [4.78, 5) is 13.7. The number of alkyl halides is 3. The Labute approximate surface area is 71.8 Å². The largest absolute Gasteiger partial charge is 0.433 e. The van der Waals surface area contributed by atoms with Gasteiger partial charge in [0.15, 0.2) is 5.69 Å². The summed E-state index contributed by atoms with van der Waals surface area (Å²) in [5.74, 6) is 0. The number of halogens is 3. The molecule has 0 saturated carbocycles. The molecule has 1 aromatic rings. The van der Waals surface area contributed by atoms with Crippen molar-refractivity contribution in [1.29, 1.82) is 0 Å². The summed E-state index contributed by atoms with van der Waals surface area (Å²) < 4.78 is 37.5. The monoisotopic (exact) mass is 192 g/mol. The summed E-state index contributed by atoms with van der Waals surface area (Å²) in [7, 11) is 1.35. The van der Waals surface area contributed by atoms with Crippen LogP contribution in [-0.2, 0) is 13.2 Å². The Morgan fingerprint density at radius 3 is 2.46 bits per heavy atom. The standard InChI is InChI=1S/C7H7F3N2O/c1-4-3-12(2)6(13)11-5(4)7(8,9)10/h3H,1-2H3. The van der Waals surface area contributed by atoms with E-state index in [1.165, 1.54) is 14.0 Å². The second-order valence-electron chi connectivity index (χ2n) is 2.66. The van der Waals surface area contributed by atoms with Crippen LogP contribution in [-0.4, -0.2) is 9.55 Å². The Morgan fingerprint density at radius 1 is 1.46 bits per heavy atom. The van der Waals surface area contributed by atoms with Gasteiger partial charge in [-0.1, -0.05) is 0 Å². The molecule has 0 amide bonds. The minimum absolute atomic E-state index is 0.0606. The van der Waals surface area contributed by atoms with Crippen LogP contribution in [0.3, 0.4) is 0 Å². The van der Waals surface area contributed by atoms with E-state index in [1.807, 2.05) is 0 Å². The smallest absolute Gasteiger partial charge is 0.302 e. The van der Waals surface area contributed by atoms with E-state index < -0.39 is 17.6 Å². The van der Waals surface area contributed by atoms with Crippen molar-refractivity contribution in [2.75, 3.05) is 0 Å². The summed E-state index contributed by atoms with van der Waals surface area (Å²) in [5.41, 5.74) is -2.08. The van der Waals surface area contributed by atoms with Crippen LogP contribution in [0.4, 0.5) is 13.2 Å². The van der Waals surface area contributed by atoms with Crippen molar-refractivity contribution >= 4 is 0 Å². The number of hydrogen-bond acceptors (Lipinski definition) is 2. The predicted octanol–water partition coefficient (Wildman–Crippen LogP) is 1.11. The molecule has 0 radical (unpaired) electrons. The third-order valence-corrected chi connectivity index (χ3v) is 1.54. The lowest BCUT2D eigenvalue weighted by molar-refractivity contribution is -0.142. The molecule has 1 heterocycles. The van der Waals surface area contributed by atoms with Gasteiger partial charge in [0.25, 0.3) is 0 Å². The summed E-state index contributed by atoms with van der Waals surface area (Å²) in [6.45, 7) is 1.26. The second kappa shape index (κ2) is 2.86. The summed E-state index contributed by atoms with van der Waals surface area (Å²) in [6, 6.07) is 0. The summed E-state index contributed by atoms with van der Waals surface area (Å²) >= 11 is 0. The van der Waals surface area contributed by atoms with Crippen molar-refractivity contribution in [2.24, 2.45) is 7.05 Å². The summed E-state index contributed by atoms with van der Waals surface area (Å²) in [5, 5.41) is 0. The van der Waals surface area contributed by atoms with Gasteiger partial charge in [0.05, 0.1) is 0 Å². The maximum atomic E-state index is 12.1. The van der Waals surface area contributed by atoms with E-state index in [-0.39, 0.29) is 5.56 Å². The molecule has 0 aromatic carbocycles.